The third-order valence-corrected chi connectivity index (χ3v) is 4.69. The summed E-state index contributed by atoms with van der Waals surface area (Å²) in [5, 5.41) is 17.0. The first kappa shape index (κ1) is 20.3. The summed E-state index contributed by atoms with van der Waals surface area (Å²) in [6, 6.07) is 6.89. The number of ether oxygens (including phenoxy) is 1. The summed E-state index contributed by atoms with van der Waals surface area (Å²) in [4.78, 5) is 12.2. The molecule has 1 fully saturated rings. The molecule has 0 unspecified atom stereocenters. The van der Waals surface area contributed by atoms with E-state index in [4.69, 9.17) is 15.3 Å². The van der Waals surface area contributed by atoms with Crippen molar-refractivity contribution in [2.24, 2.45) is 11.8 Å². The minimum atomic E-state index is -0.813. The van der Waals surface area contributed by atoms with Crippen molar-refractivity contribution in [3.05, 3.63) is 53.6 Å². The fraction of sp³-hybridized carbons (Fsp3) is 0.381. The van der Waals surface area contributed by atoms with Crippen molar-refractivity contribution in [2.75, 3.05) is 0 Å². The molecule has 0 amide bonds. The molecule has 140 valence electrons. The highest BCUT2D eigenvalue weighted by atomic mass is 19.1. The molecule has 1 saturated carbocycles. The summed E-state index contributed by atoms with van der Waals surface area (Å²) >= 11 is 0. The van der Waals surface area contributed by atoms with Gasteiger partial charge in [-0.25, -0.2) is 4.39 Å². The van der Waals surface area contributed by atoms with Crippen molar-refractivity contribution in [3.8, 4) is 17.9 Å². The SMILES string of the molecule is N#CC(F)=CC=CCCC1CCC(C(=O)Oc2ccc(C#N)c(F)c2)CC1. The molecule has 0 N–H and O–H groups in total. The topological polar surface area (TPSA) is 73.9 Å². The van der Waals surface area contributed by atoms with Gasteiger partial charge in [-0.05, 0) is 62.7 Å². The van der Waals surface area contributed by atoms with Crippen LogP contribution in [0.5, 0.6) is 5.75 Å². The maximum atomic E-state index is 13.6. The normalized spacial score (nSPS) is 20.1. The van der Waals surface area contributed by atoms with Gasteiger partial charge in [0.05, 0.1) is 11.5 Å². The van der Waals surface area contributed by atoms with Gasteiger partial charge < -0.3 is 4.74 Å². The molecule has 0 saturated heterocycles. The Kier molecular flexibility index (Phi) is 7.70. The van der Waals surface area contributed by atoms with E-state index in [2.05, 4.69) is 0 Å². The summed E-state index contributed by atoms with van der Waals surface area (Å²) < 4.78 is 31.4. The number of rotatable bonds is 6. The molecule has 1 aliphatic carbocycles. The third-order valence-electron chi connectivity index (χ3n) is 4.69. The first-order chi connectivity index (χ1) is 13.0. The van der Waals surface area contributed by atoms with E-state index in [1.165, 1.54) is 24.3 Å². The molecule has 4 nitrogen and oxygen atoms in total. The van der Waals surface area contributed by atoms with Crippen LogP contribution in [0.4, 0.5) is 8.78 Å². The minimum absolute atomic E-state index is 0.0878. The van der Waals surface area contributed by atoms with Crippen LogP contribution >= 0.6 is 0 Å². The number of nitrogens with zero attached hydrogens (tertiary/aromatic N) is 2. The van der Waals surface area contributed by atoms with Crippen LogP contribution in [0.1, 0.15) is 44.1 Å². The second-order valence-electron chi connectivity index (χ2n) is 6.52. The Hall–Kier alpha value is -2.99. The zero-order chi connectivity index (χ0) is 19.6. The van der Waals surface area contributed by atoms with E-state index in [1.54, 1.807) is 6.07 Å². The van der Waals surface area contributed by atoms with Crippen LogP contribution in [-0.4, -0.2) is 5.97 Å². The smallest absolute Gasteiger partial charge is 0.314 e. The van der Waals surface area contributed by atoms with E-state index in [9.17, 15) is 13.6 Å². The van der Waals surface area contributed by atoms with E-state index in [0.29, 0.717) is 5.92 Å². The van der Waals surface area contributed by atoms with Gasteiger partial charge in [0, 0.05) is 6.07 Å². The van der Waals surface area contributed by atoms with Crippen LogP contribution in [-0.2, 0) is 4.79 Å². The Labute approximate surface area is 157 Å². The molecular weight excluding hydrogens is 350 g/mol. The lowest BCUT2D eigenvalue weighted by molar-refractivity contribution is -0.140. The van der Waals surface area contributed by atoms with Gasteiger partial charge in [0.15, 0.2) is 5.83 Å². The van der Waals surface area contributed by atoms with Crippen LogP contribution in [0.2, 0.25) is 0 Å². The Bertz CT molecular complexity index is 810. The van der Waals surface area contributed by atoms with Crippen LogP contribution < -0.4 is 4.74 Å². The maximum Gasteiger partial charge on any atom is 0.314 e. The van der Waals surface area contributed by atoms with Gasteiger partial charge in [0.2, 0.25) is 0 Å². The maximum absolute atomic E-state index is 13.6. The van der Waals surface area contributed by atoms with Gasteiger partial charge in [0.1, 0.15) is 23.7 Å². The van der Waals surface area contributed by atoms with E-state index in [1.807, 2.05) is 6.08 Å². The van der Waals surface area contributed by atoms with Crippen LogP contribution in [0, 0.1) is 40.3 Å². The fourth-order valence-electron chi connectivity index (χ4n) is 3.15. The van der Waals surface area contributed by atoms with E-state index >= 15 is 0 Å². The average molecular weight is 370 g/mol. The van der Waals surface area contributed by atoms with Gasteiger partial charge in [-0.3, -0.25) is 4.79 Å². The van der Waals surface area contributed by atoms with Crippen molar-refractivity contribution in [1.82, 2.24) is 0 Å². The van der Waals surface area contributed by atoms with Crippen LogP contribution in [0.25, 0.3) is 0 Å². The number of carbonyl (C=O) groups is 1. The van der Waals surface area contributed by atoms with Gasteiger partial charge in [0.25, 0.3) is 0 Å². The van der Waals surface area contributed by atoms with Crippen LogP contribution in [0.15, 0.2) is 42.3 Å². The molecule has 2 rings (SSSR count). The predicted octanol–water partition coefficient (Wildman–Crippen LogP) is 5.12. The molecule has 0 atom stereocenters. The first-order valence-electron chi connectivity index (χ1n) is 8.87. The van der Waals surface area contributed by atoms with E-state index < -0.39 is 11.6 Å². The van der Waals surface area contributed by atoms with E-state index in [-0.39, 0.29) is 23.2 Å². The summed E-state index contributed by atoms with van der Waals surface area (Å²) in [6.45, 7) is 0. The van der Waals surface area contributed by atoms with Crippen molar-refractivity contribution < 1.29 is 18.3 Å². The summed E-state index contributed by atoms with van der Waals surface area (Å²) in [5.41, 5.74) is -0.0878. The molecule has 1 aromatic carbocycles. The van der Waals surface area contributed by atoms with Crippen LogP contribution in [0.3, 0.4) is 0 Å². The number of nitriles is 2. The first-order valence-corrected chi connectivity index (χ1v) is 8.87. The van der Waals surface area contributed by atoms with Crippen molar-refractivity contribution in [3.63, 3.8) is 0 Å². The van der Waals surface area contributed by atoms with E-state index in [0.717, 1.165) is 50.7 Å². The largest absolute Gasteiger partial charge is 0.426 e. The molecule has 0 aliphatic heterocycles. The number of hydrogen-bond donors (Lipinski definition) is 0. The Morgan fingerprint density at radius 3 is 2.63 bits per heavy atom. The average Bonchev–Trinajstić information content (AvgIpc) is 2.68. The standard InChI is InChI=1S/C21H20F2N2O2/c22-18(14-25)5-3-1-2-4-15-6-8-16(9-7-15)21(26)27-19-11-10-17(13-24)20(23)12-19/h1,3,5,10-12,15-16H,2,4,6-9H2. The van der Waals surface area contributed by atoms with Crippen molar-refractivity contribution in [1.29, 1.82) is 10.5 Å². The molecule has 1 aliphatic rings. The molecule has 0 heterocycles. The lowest BCUT2D eigenvalue weighted by Crippen LogP contribution is -2.25. The summed E-state index contributed by atoms with van der Waals surface area (Å²) in [7, 11) is 0. The molecule has 6 heteroatoms. The lowest BCUT2D eigenvalue weighted by atomic mass is 9.80. The van der Waals surface area contributed by atoms with Gasteiger partial charge in [-0.15, -0.1) is 0 Å². The fourth-order valence-corrected chi connectivity index (χ4v) is 3.15. The monoisotopic (exact) mass is 370 g/mol. The summed E-state index contributed by atoms with van der Waals surface area (Å²) in [6.07, 6.45) is 9.48. The molecule has 0 aromatic heterocycles. The highest BCUT2D eigenvalue weighted by molar-refractivity contribution is 5.75. The van der Waals surface area contributed by atoms with Crippen molar-refractivity contribution >= 4 is 5.97 Å². The van der Waals surface area contributed by atoms with Gasteiger partial charge in [-0.1, -0.05) is 12.2 Å². The lowest BCUT2D eigenvalue weighted by Gasteiger charge is -2.26. The Morgan fingerprint density at radius 2 is 2.00 bits per heavy atom. The van der Waals surface area contributed by atoms with Gasteiger partial charge in [-0.2, -0.15) is 14.9 Å². The minimum Gasteiger partial charge on any atom is -0.426 e. The Morgan fingerprint density at radius 1 is 1.26 bits per heavy atom. The number of benzene rings is 1. The predicted molar refractivity (Wildman–Crippen MR) is 95.4 cm³/mol. The van der Waals surface area contributed by atoms with Gasteiger partial charge >= 0.3 is 5.97 Å². The second-order valence-corrected chi connectivity index (χ2v) is 6.52. The molecule has 0 spiro atoms. The highest BCUT2D eigenvalue weighted by Crippen LogP contribution is 2.32. The number of carbonyl (C=O) groups excluding carboxylic acids is 1. The molecule has 1 aromatic rings. The zero-order valence-electron chi connectivity index (χ0n) is 14.8. The molecule has 0 radical (unpaired) electrons. The number of halogens is 2. The second kappa shape index (κ2) is 10.2. The Balaban J connectivity index is 1.75. The molecule has 27 heavy (non-hydrogen) atoms. The zero-order valence-corrected chi connectivity index (χ0v) is 14.8. The molecule has 0 bridgehead atoms. The third kappa shape index (κ3) is 6.34. The number of hydrogen-bond acceptors (Lipinski definition) is 4. The number of allylic oxidation sites excluding steroid dienone is 4. The molecular formula is C21H20F2N2O2. The summed E-state index contributed by atoms with van der Waals surface area (Å²) in [5.74, 6) is -1.48. The van der Waals surface area contributed by atoms with Crippen molar-refractivity contribution in [2.45, 2.75) is 38.5 Å². The number of esters is 1. The highest BCUT2D eigenvalue weighted by Gasteiger charge is 2.27. The quantitative estimate of drug-likeness (QED) is 0.301.